The fourth-order valence-corrected chi connectivity index (χ4v) is 1.78. The molecule has 0 aliphatic rings. The summed E-state index contributed by atoms with van der Waals surface area (Å²) in [6.07, 6.45) is 4.84. The van der Waals surface area contributed by atoms with Crippen LogP contribution in [0, 0.1) is 6.92 Å². The Balaban J connectivity index is 2.64. The van der Waals surface area contributed by atoms with Crippen LogP contribution in [0.3, 0.4) is 0 Å². The molecular formula is C11H12ClN5. The van der Waals surface area contributed by atoms with E-state index in [1.165, 1.54) is 6.20 Å². The molecule has 0 radical (unpaired) electrons. The Hall–Kier alpha value is -1.88. The lowest BCUT2D eigenvalue weighted by Gasteiger charge is -2.02. The van der Waals surface area contributed by atoms with E-state index in [4.69, 9.17) is 17.3 Å². The van der Waals surface area contributed by atoms with Crippen LogP contribution in [0.5, 0.6) is 0 Å². The van der Waals surface area contributed by atoms with E-state index in [0.717, 1.165) is 11.2 Å². The molecule has 6 heteroatoms. The van der Waals surface area contributed by atoms with Crippen molar-refractivity contribution < 1.29 is 0 Å². The van der Waals surface area contributed by atoms with Crippen LogP contribution in [0.2, 0.25) is 5.15 Å². The summed E-state index contributed by atoms with van der Waals surface area (Å²) in [7, 11) is 1.67. The normalized spacial score (nSPS) is 12.8. The van der Waals surface area contributed by atoms with Gasteiger partial charge < -0.3 is 5.73 Å². The second-order valence-electron chi connectivity index (χ2n) is 3.54. The number of hydrogen-bond donors (Lipinski definition) is 1. The minimum Gasteiger partial charge on any atom is -0.404 e. The molecule has 17 heavy (non-hydrogen) atoms. The maximum absolute atomic E-state index is 6.09. The van der Waals surface area contributed by atoms with Crippen molar-refractivity contribution in [3.05, 3.63) is 35.0 Å². The van der Waals surface area contributed by atoms with Crippen LogP contribution in [-0.2, 0) is 0 Å². The quantitative estimate of drug-likeness (QED) is 0.824. The van der Waals surface area contributed by atoms with Crippen molar-refractivity contribution in [1.82, 2.24) is 14.6 Å². The molecule has 0 aliphatic carbocycles. The summed E-state index contributed by atoms with van der Waals surface area (Å²) in [5, 5.41) is 4.69. The van der Waals surface area contributed by atoms with Crippen LogP contribution in [0.15, 0.2) is 23.5 Å². The smallest absolute Gasteiger partial charge is 0.155 e. The molecule has 0 fully saturated rings. The predicted molar refractivity (Wildman–Crippen MR) is 69.3 cm³/mol. The number of aryl methyl sites for hydroxylation is 1. The van der Waals surface area contributed by atoms with Gasteiger partial charge in [-0.3, -0.25) is 4.99 Å². The van der Waals surface area contributed by atoms with Gasteiger partial charge in [0.15, 0.2) is 5.15 Å². The number of hydrogen-bond acceptors (Lipinski definition) is 4. The first-order valence-corrected chi connectivity index (χ1v) is 5.40. The van der Waals surface area contributed by atoms with E-state index >= 15 is 0 Å². The highest BCUT2D eigenvalue weighted by molar-refractivity contribution is 6.32. The van der Waals surface area contributed by atoms with Crippen molar-refractivity contribution in [3.8, 4) is 0 Å². The van der Waals surface area contributed by atoms with Crippen molar-refractivity contribution in [2.75, 3.05) is 7.05 Å². The van der Waals surface area contributed by atoms with Crippen LogP contribution in [-0.4, -0.2) is 27.9 Å². The molecule has 0 spiro atoms. The van der Waals surface area contributed by atoms with Crippen molar-refractivity contribution in [2.45, 2.75) is 6.92 Å². The lowest BCUT2D eigenvalue weighted by atomic mass is 10.2. The first kappa shape index (κ1) is 11.6. The first-order valence-electron chi connectivity index (χ1n) is 5.02. The maximum atomic E-state index is 6.09. The van der Waals surface area contributed by atoms with Crippen LogP contribution in [0.4, 0.5) is 0 Å². The average Bonchev–Trinajstić information content (AvgIpc) is 2.67. The molecular weight excluding hydrogens is 238 g/mol. The van der Waals surface area contributed by atoms with Gasteiger partial charge in [-0.25, -0.2) is 9.50 Å². The molecule has 5 nitrogen and oxygen atoms in total. The highest BCUT2D eigenvalue weighted by Gasteiger charge is 2.08. The number of halogens is 1. The molecule has 88 valence electrons. The molecule has 0 atom stereocenters. The lowest BCUT2D eigenvalue weighted by Crippen LogP contribution is -1.99. The molecule has 2 aromatic heterocycles. The second kappa shape index (κ2) is 4.55. The summed E-state index contributed by atoms with van der Waals surface area (Å²) in [6, 6.07) is 1.87. The molecule has 2 rings (SSSR count). The van der Waals surface area contributed by atoms with E-state index in [-0.39, 0.29) is 0 Å². The highest BCUT2D eigenvalue weighted by atomic mass is 35.5. The molecule has 2 N–H and O–H groups in total. The Morgan fingerprint density at radius 1 is 1.59 bits per heavy atom. The van der Waals surface area contributed by atoms with Gasteiger partial charge in [-0.15, -0.1) is 0 Å². The number of aromatic nitrogens is 3. The molecule has 0 bridgehead atoms. The standard InChI is InChI=1S/C11H12ClN5/c1-7-3-10-11(12)15-9(6-17(10)16-7)8(4-13)5-14-2/h3-6H,13H2,1-2H3. The molecule has 0 unspecified atom stereocenters. The topological polar surface area (TPSA) is 68.6 Å². The van der Waals surface area contributed by atoms with Gasteiger partial charge in [0.1, 0.15) is 5.52 Å². The van der Waals surface area contributed by atoms with Gasteiger partial charge in [0.25, 0.3) is 0 Å². The minimum absolute atomic E-state index is 0.395. The number of rotatable bonds is 2. The van der Waals surface area contributed by atoms with E-state index in [2.05, 4.69) is 15.1 Å². The third kappa shape index (κ3) is 2.14. The van der Waals surface area contributed by atoms with E-state index in [1.54, 1.807) is 24.0 Å². The number of nitrogens with two attached hydrogens (primary N) is 1. The zero-order valence-corrected chi connectivity index (χ0v) is 10.3. The highest BCUT2D eigenvalue weighted by Crippen LogP contribution is 2.19. The third-order valence-corrected chi connectivity index (χ3v) is 2.55. The zero-order valence-electron chi connectivity index (χ0n) is 9.55. The Morgan fingerprint density at radius 2 is 2.35 bits per heavy atom. The molecule has 0 amide bonds. The molecule has 0 aliphatic heterocycles. The average molecular weight is 250 g/mol. The second-order valence-corrected chi connectivity index (χ2v) is 3.90. The van der Waals surface area contributed by atoms with Gasteiger partial charge in [0, 0.05) is 25.0 Å². The minimum atomic E-state index is 0.395. The summed E-state index contributed by atoms with van der Waals surface area (Å²) >= 11 is 6.09. The fraction of sp³-hybridized carbons (Fsp3) is 0.182. The fourth-order valence-electron chi connectivity index (χ4n) is 1.55. The number of aliphatic imine (C=N–C) groups is 1. The number of allylic oxidation sites excluding steroid dienone is 1. The summed E-state index contributed by atoms with van der Waals surface area (Å²) < 4.78 is 1.69. The van der Waals surface area contributed by atoms with Gasteiger partial charge in [-0.2, -0.15) is 5.10 Å². The van der Waals surface area contributed by atoms with Crippen LogP contribution < -0.4 is 5.73 Å². The lowest BCUT2D eigenvalue weighted by molar-refractivity contribution is 0.918. The number of nitrogens with zero attached hydrogens (tertiary/aromatic N) is 4. The third-order valence-electron chi connectivity index (χ3n) is 2.28. The summed E-state index contributed by atoms with van der Waals surface area (Å²) in [5.74, 6) is 0. The monoisotopic (exact) mass is 249 g/mol. The summed E-state index contributed by atoms with van der Waals surface area (Å²) in [5.41, 5.74) is 8.52. The Bertz CT molecular complexity index is 612. The molecule has 0 saturated heterocycles. The maximum Gasteiger partial charge on any atom is 0.155 e. The Labute approximate surface area is 104 Å². The van der Waals surface area contributed by atoms with E-state index in [0.29, 0.717) is 16.4 Å². The Morgan fingerprint density at radius 3 is 3.00 bits per heavy atom. The summed E-state index contributed by atoms with van der Waals surface area (Å²) in [4.78, 5) is 8.18. The van der Waals surface area contributed by atoms with Gasteiger partial charge in [-0.1, -0.05) is 11.6 Å². The van der Waals surface area contributed by atoms with Gasteiger partial charge in [0.05, 0.1) is 17.6 Å². The van der Waals surface area contributed by atoms with Crippen molar-refractivity contribution in [1.29, 1.82) is 0 Å². The van der Waals surface area contributed by atoms with Gasteiger partial charge in [-0.05, 0) is 13.0 Å². The van der Waals surface area contributed by atoms with E-state index in [9.17, 15) is 0 Å². The number of fused-ring (bicyclic) bond motifs is 1. The van der Waals surface area contributed by atoms with E-state index < -0.39 is 0 Å². The molecule has 0 aromatic carbocycles. The van der Waals surface area contributed by atoms with E-state index in [1.807, 2.05) is 13.0 Å². The van der Waals surface area contributed by atoms with Crippen molar-refractivity contribution in [2.24, 2.45) is 10.7 Å². The zero-order chi connectivity index (χ0) is 12.4. The van der Waals surface area contributed by atoms with Crippen LogP contribution in [0.25, 0.3) is 11.1 Å². The van der Waals surface area contributed by atoms with Crippen LogP contribution >= 0.6 is 11.6 Å². The predicted octanol–water partition coefficient (Wildman–Crippen LogP) is 1.69. The molecule has 2 heterocycles. The molecule has 2 aromatic rings. The first-order chi connectivity index (χ1) is 8.15. The summed E-state index contributed by atoms with van der Waals surface area (Å²) in [6.45, 7) is 1.90. The SMILES string of the molecule is CN=CC(=CN)c1cn2nc(C)cc2c(Cl)n1. The van der Waals surface area contributed by atoms with Gasteiger partial charge in [0.2, 0.25) is 0 Å². The molecule has 0 saturated carbocycles. The van der Waals surface area contributed by atoms with Crippen LogP contribution in [0.1, 0.15) is 11.4 Å². The van der Waals surface area contributed by atoms with Crippen molar-refractivity contribution in [3.63, 3.8) is 0 Å². The van der Waals surface area contributed by atoms with Crippen molar-refractivity contribution >= 4 is 28.9 Å². The van der Waals surface area contributed by atoms with Gasteiger partial charge >= 0.3 is 0 Å². The largest absolute Gasteiger partial charge is 0.404 e. The Kier molecular flexibility index (Phi) is 3.10.